The van der Waals surface area contributed by atoms with Crippen LogP contribution in [-0.4, -0.2) is 23.1 Å². The molecule has 0 amide bonds. The number of phenolic OH excluding ortho intramolecular Hbond substituents is 1. The van der Waals surface area contributed by atoms with Gasteiger partial charge in [-0.15, -0.1) is 12.4 Å². The summed E-state index contributed by atoms with van der Waals surface area (Å²) >= 11 is 0. The molecule has 1 aromatic carbocycles. The van der Waals surface area contributed by atoms with E-state index in [9.17, 15) is 9.90 Å². The van der Waals surface area contributed by atoms with Crippen LogP contribution in [0.1, 0.15) is 43.4 Å². The predicted octanol–water partition coefficient (Wildman–Crippen LogP) is 4.02. The Morgan fingerprint density at radius 1 is 1.33 bits per heavy atom. The van der Waals surface area contributed by atoms with Gasteiger partial charge in [0.05, 0.1) is 5.56 Å². The quantitative estimate of drug-likeness (QED) is 0.848. The van der Waals surface area contributed by atoms with E-state index in [1.807, 2.05) is 19.9 Å². The van der Waals surface area contributed by atoms with Gasteiger partial charge in [0.25, 0.3) is 0 Å². The van der Waals surface area contributed by atoms with Crippen LogP contribution in [0.15, 0.2) is 21.3 Å². The van der Waals surface area contributed by atoms with Crippen LogP contribution in [0, 0.1) is 12.8 Å². The molecule has 1 N–H and O–H groups in total. The molecule has 2 aromatic rings. The number of benzene rings is 1. The van der Waals surface area contributed by atoms with Gasteiger partial charge >= 0.3 is 5.63 Å². The number of hydrogen-bond donors (Lipinski definition) is 1. The van der Waals surface area contributed by atoms with Gasteiger partial charge in [-0.05, 0) is 56.3 Å². The Balaban J connectivity index is 0.00000208. The summed E-state index contributed by atoms with van der Waals surface area (Å²) in [6, 6.07) is 3.57. The number of nitrogens with zero attached hydrogens (tertiary/aromatic N) is 1. The van der Waals surface area contributed by atoms with Gasteiger partial charge in [0, 0.05) is 24.0 Å². The summed E-state index contributed by atoms with van der Waals surface area (Å²) in [5.41, 5.74) is 2.69. The zero-order chi connectivity index (χ0) is 16.6. The van der Waals surface area contributed by atoms with Gasteiger partial charge in [0.1, 0.15) is 11.3 Å². The van der Waals surface area contributed by atoms with Crippen molar-refractivity contribution in [1.82, 2.24) is 4.90 Å². The summed E-state index contributed by atoms with van der Waals surface area (Å²) in [7, 11) is 0. The highest BCUT2D eigenvalue weighted by atomic mass is 35.5. The second-order valence-electron chi connectivity index (χ2n) is 6.77. The van der Waals surface area contributed by atoms with Crippen LogP contribution >= 0.6 is 12.4 Å². The zero-order valence-electron chi connectivity index (χ0n) is 14.6. The van der Waals surface area contributed by atoms with Gasteiger partial charge in [0.15, 0.2) is 0 Å². The highest BCUT2D eigenvalue weighted by Gasteiger charge is 2.21. The Bertz CT molecular complexity index is 784. The summed E-state index contributed by atoms with van der Waals surface area (Å²) < 4.78 is 5.60. The Morgan fingerprint density at radius 3 is 2.75 bits per heavy atom. The van der Waals surface area contributed by atoms with Crippen LogP contribution in [0.25, 0.3) is 11.0 Å². The maximum atomic E-state index is 12.2. The topological polar surface area (TPSA) is 53.7 Å². The minimum Gasteiger partial charge on any atom is -0.507 e. The molecule has 24 heavy (non-hydrogen) atoms. The van der Waals surface area contributed by atoms with E-state index >= 15 is 0 Å². The minimum atomic E-state index is -0.281. The number of aromatic hydroxyl groups is 1. The number of piperidine rings is 1. The monoisotopic (exact) mass is 351 g/mol. The lowest BCUT2D eigenvalue weighted by molar-refractivity contribution is 0.175. The number of rotatable bonds is 3. The largest absolute Gasteiger partial charge is 0.507 e. The van der Waals surface area contributed by atoms with Crippen molar-refractivity contribution in [3.05, 3.63) is 39.2 Å². The summed E-state index contributed by atoms with van der Waals surface area (Å²) in [5, 5.41) is 11.3. The molecule has 3 rings (SSSR count). The first-order valence-electron chi connectivity index (χ1n) is 8.50. The van der Waals surface area contributed by atoms with Crippen molar-refractivity contribution in [3.63, 3.8) is 0 Å². The molecule has 1 unspecified atom stereocenters. The van der Waals surface area contributed by atoms with E-state index < -0.39 is 0 Å². The Kier molecular flexibility index (Phi) is 5.94. The molecule has 1 atom stereocenters. The number of hydrogen-bond acceptors (Lipinski definition) is 4. The molecule has 1 saturated heterocycles. The third-order valence-corrected chi connectivity index (χ3v) is 5.01. The van der Waals surface area contributed by atoms with Crippen LogP contribution in [0.5, 0.6) is 5.75 Å². The summed E-state index contributed by atoms with van der Waals surface area (Å²) in [4.78, 5) is 14.6. The highest BCUT2D eigenvalue weighted by Crippen LogP contribution is 2.31. The average Bonchev–Trinajstić information content (AvgIpc) is 2.51. The third kappa shape index (κ3) is 3.45. The van der Waals surface area contributed by atoms with Crippen LogP contribution in [-0.2, 0) is 13.0 Å². The molecule has 0 radical (unpaired) electrons. The average molecular weight is 352 g/mol. The third-order valence-electron chi connectivity index (χ3n) is 5.01. The lowest BCUT2D eigenvalue weighted by Gasteiger charge is -2.31. The standard InChI is InChI=1S/C19H25NO3.ClH/c1-4-14-13(3)15-7-8-17(21)16(18(15)23-19(14)22)11-20-9-5-6-12(2)10-20;/h7-8,12,21H,4-6,9-11H2,1-3H3;1H. The summed E-state index contributed by atoms with van der Waals surface area (Å²) in [5.74, 6) is 0.879. The van der Waals surface area contributed by atoms with E-state index in [-0.39, 0.29) is 23.8 Å². The first-order chi connectivity index (χ1) is 11.0. The van der Waals surface area contributed by atoms with Crippen molar-refractivity contribution in [2.24, 2.45) is 5.92 Å². The molecule has 0 aliphatic carbocycles. The fraction of sp³-hybridized carbons (Fsp3) is 0.526. The van der Waals surface area contributed by atoms with E-state index in [4.69, 9.17) is 4.42 Å². The van der Waals surface area contributed by atoms with Gasteiger partial charge in [-0.1, -0.05) is 13.8 Å². The molecular formula is C19H26ClNO3. The second-order valence-corrected chi connectivity index (χ2v) is 6.77. The Hall–Kier alpha value is -1.52. The van der Waals surface area contributed by atoms with Crippen LogP contribution in [0.2, 0.25) is 0 Å². The van der Waals surface area contributed by atoms with Crippen LogP contribution < -0.4 is 5.63 Å². The molecule has 0 saturated carbocycles. The maximum Gasteiger partial charge on any atom is 0.339 e. The number of halogens is 1. The predicted molar refractivity (Wildman–Crippen MR) is 99.2 cm³/mol. The van der Waals surface area contributed by atoms with E-state index in [2.05, 4.69) is 11.8 Å². The molecule has 1 fully saturated rings. The number of phenols is 1. The molecule has 1 aliphatic rings. The molecule has 5 heteroatoms. The molecule has 132 valence electrons. The van der Waals surface area contributed by atoms with Crippen LogP contribution in [0.4, 0.5) is 0 Å². The second kappa shape index (κ2) is 7.58. The van der Waals surface area contributed by atoms with Gasteiger partial charge < -0.3 is 9.52 Å². The maximum absolute atomic E-state index is 12.2. The molecule has 4 nitrogen and oxygen atoms in total. The van der Waals surface area contributed by atoms with Crippen LogP contribution in [0.3, 0.4) is 0 Å². The molecule has 0 spiro atoms. The fourth-order valence-electron chi connectivity index (χ4n) is 3.72. The first kappa shape index (κ1) is 18.8. The summed E-state index contributed by atoms with van der Waals surface area (Å²) in [6.07, 6.45) is 3.09. The Labute approximate surface area is 148 Å². The lowest BCUT2D eigenvalue weighted by atomic mass is 9.98. The van der Waals surface area contributed by atoms with Crippen molar-refractivity contribution in [2.75, 3.05) is 13.1 Å². The van der Waals surface area contributed by atoms with Gasteiger partial charge in [-0.2, -0.15) is 0 Å². The van der Waals surface area contributed by atoms with Gasteiger partial charge in [0.2, 0.25) is 0 Å². The SMILES string of the molecule is CCc1c(C)c2ccc(O)c(CN3CCCC(C)C3)c2oc1=O.Cl. The van der Waals surface area contributed by atoms with Gasteiger partial charge in [-0.25, -0.2) is 4.79 Å². The van der Waals surface area contributed by atoms with E-state index in [1.54, 1.807) is 6.07 Å². The molecule has 1 aliphatic heterocycles. The van der Waals surface area contributed by atoms with Crippen molar-refractivity contribution in [2.45, 2.75) is 46.6 Å². The zero-order valence-corrected chi connectivity index (χ0v) is 15.4. The smallest absolute Gasteiger partial charge is 0.339 e. The van der Waals surface area contributed by atoms with Crippen molar-refractivity contribution in [3.8, 4) is 5.75 Å². The lowest BCUT2D eigenvalue weighted by Crippen LogP contribution is -2.33. The fourth-order valence-corrected chi connectivity index (χ4v) is 3.72. The highest BCUT2D eigenvalue weighted by molar-refractivity contribution is 5.86. The normalized spacial score (nSPS) is 18.5. The molecule has 2 heterocycles. The van der Waals surface area contributed by atoms with E-state index in [1.165, 1.54) is 12.8 Å². The first-order valence-corrected chi connectivity index (χ1v) is 8.50. The van der Waals surface area contributed by atoms with Crippen molar-refractivity contribution >= 4 is 23.4 Å². The molecular weight excluding hydrogens is 326 g/mol. The van der Waals surface area contributed by atoms with Crippen molar-refractivity contribution < 1.29 is 9.52 Å². The van der Waals surface area contributed by atoms with E-state index in [0.717, 1.165) is 35.2 Å². The van der Waals surface area contributed by atoms with E-state index in [0.29, 0.717) is 24.5 Å². The number of likely N-dealkylation sites (tertiary alicyclic amines) is 1. The Morgan fingerprint density at radius 2 is 2.08 bits per heavy atom. The van der Waals surface area contributed by atoms with Gasteiger partial charge in [-0.3, -0.25) is 4.90 Å². The summed E-state index contributed by atoms with van der Waals surface area (Å²) in [6.45, 7) is 8.85. The van der Waals surface area contributed by atoms with Crippen molar-refractivity contribution in [1.29, 1.82) is 0 Å². The molecule has 0 bridgehead atoms. The molecule has 1 aromatic heterocycles. The number of aryl methyl sites for hydroxylation is 1. The minimum absolute atomic E-state index is 0. The number of fused-ring (bicyclic) bond motifs is 1.